The van der Waals surface area contributed by atoms with Gasteiger partial charge < -0.3 is 10.1 Å². The van der Waals surface area contributed by atoms with Gasteiger partial charge in [-0.05, 0) is 54.9 Å². The Labute approximate surface area is 142 Å². The number of benzene rings is 1. The first kappa shape index (κ1) is 16.6. The average molecular weight is 327 g/mol. The van der Waals surface area contributed by atoms with Crippen LogP contribution in [0.3, 0.4) is 0 Å². The number of nitrogens with one attached hydrogen (secondary N) is 2. The minimum Gasteiger partial charge on any atom is -0.497 e. The fourth-order valence-electron chi connectivity index (χ4n) is 2.95. The summed E-state index contributed by atoms with van der Waals surface area (Å²) in [4.78, 5) is 12.6. The fourth-order valence-corrected chi connectivity index (χ4v) is 2.95. The number of rotatable bonds is 7. The first-order valence-corrected chi connectivity index (χ1v) is 8.56. The topological polar surface area (TPSA) is 67.0 Å². The van der Waals surface area contributed by atoms with Gasteiger partial charge in [0.2, 0.25) is 0 Å². The van der Waals surface area contributed by atoms with Crippen molar-refractivity contribution in [3.63, 3.8) is 0 Å². The molecule has 1 amide bonds. The summed E-state index contributed by atoms with van der Waals surface area (Å²) in [6, 6.07) is 9.81. The zero-order valence-corrected chi connectivity index (χ0v) is 14.5. The van der Waals surface area contributed by atoms with Gasteiger partial charge in [0.25, 0.3) is 5.91 Å². The third-order valence-corrected chi connectivity index (χ3v) is 4.35. The van der Waals surface area contributed by atoms with E-state index in [1.165, 1.54) is 0 Å². The second-order valence-corrected chi connectivity index (χ2v) is 6.94. The van der Waals surface area contributed by atoms with E-state index in [2.05, 4.69) is 29.4 Å². The lowest BCUT2D eigenvalue weighted by molar-refractivity contribution is 0.0926. The number of methoxy groups -OCH3 is 1. The highest BCUT2D eigenvalue weighted by atomic mass is 16.5. The van der Waals surface area contributed by atoms with E-state index in [0.717, 1.165) is 36.3 Å². The second kappa shape index (κ2) is 7.07. The van der Waals surface area contributed by atoms with Crippen molar-refractivity contribution in [1.82, 2.24) is 15.5 Å². The van der Waals surface area contributed by atoms with Crippen molar-refractivity contribution in [1.29, 1.82) is 0 Å². The number of nitrogens with zero attached hydrogens (tertiary/aromatic N) is 1. The molecule has 0 saturated heterocycles. The summed E-state index contributed by atoms with van der Waals surface area (Å²) in [6.45, 7) is 4.29. The Morgan fingerprint density at radius 3 is 2.62 bits per heavy atom. The van der Waals surface area contributed by atoms with Crippen LogP contribution in [0.15, 0.2) is 30.3 Å². The highest BCUT2D eigenvalue weighted by molar-refractivity contribution is 5.92. The Morgan fingerprint density at radius 2 is 2.04 bits per heavy atom. The summed E-state index contributed by atoms with van der Waals surface area (Å²) in [7, 11) is 1.65. The quantitative estimate of drug-likeness (QED) is 0.818. The molecule has 5 heteroatoms. The molecule has 1 unspecified atom stereocenters. The van der Waals surface area contributed by atoms with Crippen molar-refractivity contribution in [3.8, 4) is 5.75 Å². The van der Waals surface area contributed by atoms with E-state index in [1.807, 2.05) is 30.3 Å². The molecule has 2 N–H and O–H groups in total. The van der Waals surface area contributed by atoms with Crippen molar-refractivity contribution in [3.05, 3.63) is 47.3 Å². The predicted molar refractivity (Wildman–Crippen MR) is 93.1 cm³/mol. The molecule has 1 saturated carbocycles. The average Bonchev–Trinajstić information content (AvgIpc) is 3.31. The van der Waals surface area contributed by atoms with E-state index >= 15 is 0 Å². The Balaban J connectivity index is 1.71. The second-order valence-electron chi connectivity index (χ2n) is 6.94. The Kier molecular flexibility index (Phi) is 4.88. The number of carbonyl (C=O) groups excluding carboxylic acids is 1. The van der Waals surface area contributed by atoms with E-state index < -0.39 is 0 Å². The van der Waals surface area contributed by atoms with E-state index in [4.69, 9.17) is 4.74 Å². The lowest BCUT2D eigenvalue weighted by atomic mass is 10.0. The van der Waals surface area contributed by atoms with Gasteiger partial charge in [0.05, 0.1) is 13.2 Å². The first-order valence-electron chi connectivity index (χ1n) is 8.56. The van der Waals surface area contributed by atoms with Crippen LogP contribution in [0.2, 0.25) is 0 Å². The van der Waals surface area contributed by atoms with Gasteiger partial charge in [0.1, 0.15) is 11.4 Å². The molecular weight excluding hydrogens is 302 g/mol. The molecule has 1 aliphatic rings. The molecule has 5 nitrogen and oxygen atoms in total. The Hall–Kier alpha value is -2.30. The zero-order chi connectivity index (χ0) is 17.1. The van der Waals surface area contributed by atoms with Crippen LogP contribution in [-0.4, -0.2) is 23.2 Å². The van der Waals surface area contributed by atoms with Crippen LogP contribution in [-0.2, 0) is 6.42 Å². The van der Waals surface area contributed by atoms with Gasteiger partial charge in [-0.25, -0.2) is 0 Å². The maximum absolute atomic E-state index is 12.6. The minimum atomic E-state index is -0.117. The van der Waals surface area contributed by atoms with E-state index in [1.54, 1.807) is 7.11 Å². The molecule has 0 radical (unpaired) electrons. The number of hydrogen-bond acceptors (Lipinski definition) is 3. The van der Waals surface area contributed by atoms with Crippen molar-refractivity contribution in [2.75, 3.05) is 7.11 Å². The number of aromatic amines is 1. The van der Waals surface area contributed by atoms with Crippen LogP contribution < -0.4 is 10.1 Å². The molecular formula is C19H25N3O2. The van der Waals surface area contributed by atoms with Crippen molar-refractivity contribution < 1.29 is 9.53 Å². The number of amides is 1. The lowest BCUT2D eigenvalue weighted by Gasteiger charge is -2.18. The van der Waals surface area contributed by atoms with E-state index in [-0.39, 0.29) is 11.9 Å². The smallest absolute Gasteiger partial charge is 0.272 e. The maximum Gasteiger partial charge on any atom is 0.272 e. The van der Waals surface area contributed by atoms with Gasteiger partial charge in [-0.3, -0.25) is 9.89 Å². The molecule has 1 atom stereocenters. The third kappa shape index (κ3) is 3.96. The minimum absolute atomic E-state index is 0.0358. The summed E-state index contributed by atoms with van der Waals surface area (Å²) >= 11 is 0. The normalized spacial score (nSPS) is 15.3. The Bertz CT molecular complexity index is 687. The molecule has 0 bridgehead atoms. The van der Waals surface area contributed by atoms with Gasteiger partial charge in [-0.15, -0.1) is 0 Å². The maximum atomic E-state index is 12.6. The number of ether oxygens (including phenoxy) is 1. The standard InChI is InChI=1S/C19H25N3O2/c1-12(2)10-15-11-17(22-21-15)19(23)20-18(13-4-5-13)14-6-8-16(24-3)9-7-14/h6-9,11-13,18H,4-5,10H2,1-3H3,(H,20,23)(H,21,22). The first-order chi connectivity index (χ1) is 11.6. The van der Waals surface area contributed by atoms with Crippen molar-refractivity contribution in [2.24, 2.45) is 11.8 Å². The van der Waals surface area contributed by atoms with Crippen molar-refractivity contribution in [2.45, 2.75) is 39.2 Å². The van der Waals surface area contributed by atoms with Crippen LogP contribution >= 0.6 is 0 Å². The fraction of sp³-hybridized carbons (Fsp3) is 0.474. The summed E-state index contributed by atoms with van der Waals surface area (Å²) in [6.07, 6.45) is 3.19. The molecule has 1 aliphatic carbocycles. The molecule has 3 rings (SSSR count). The van der Waals surface area contributed by atoms with Gasteiger partial charge in [-0.1, -0.05) is 26.0 Å². The van der Waals surface area contributed by atoms with Gasteiger partial charge >= 0.3 is 0 Å². The van der Waals surface area contributed by atoms with Crippen LogP contribution in [0, 0.1) is 11.8 Å². The van der Waals surface area contributed by atoms with Crippen LogP contribution in [0.4, 0.5) is 0 Å². The third-order valence-electron chi connectivity index (χ3n) is 4.35. The Morgan fingerprint density at radius 1 is 1.33 bits per heavy atom. The van der Waals surface area contributed by atoms with Crippen LogP contribution in [0.25, 0.3) is 0 Å². The SMILES string of the molecule is COc1ccc(C(NC(=O)c2cc(CC(C)C)[nH]n2)C2CC2)cc1. The molecule has 0 aliphatic heterocycles. The van der Waals surface area contributed by atoms with E-state index in [9.17, 15) is 4.79 Å². The number of carbonyl (C=O) groups is 1. The summed E-state index contributed by atoms with van der Waals surface area (Å²) in [5, 5.41) is 10.3. The number of H-pyrrole nitrogens is 1. The van der Waals surface area contributed by atoms with E-state index in [0.29, 0.717) is 17.5 Å². The molecule has 1 heterocycles. The van der Waals surface area contributed by atoms with Gasteiger partial charge in [0.15, 0.2) is 0 Å². The molecule has 1 aromatic carbocycles. The molecule has 24 heavy (non-hydrogen) atoms. The van der Waals surface area contributed by atoms with Gasteiger partial charge in [-0.2, -0.15) is 5.10 Å². The molecule has 1 fully saturated rings. The largest absolute Gasteiger partial charge is 0.497 e. The van der Waals surface area contributed by atoms with Gasteiger partial charge in [0, 0.05) is 5.69 Å². The molecule has 128 valence electrons. The van der Waals surface area contributed by atoms with Crippen LogP contribution in [0.5, 0.6) is 5.75 Å². The summed E-state index contributed by atoms with van der Waals surface area (Å²) in [5.41, 5.74) is 2.58. The number of hydrogen-bond donors (Lipinski definition) is 2. The highest BCUT2D eigenvalue weighted by Crippen LogP contribution is 2.41. The molecule has 1 aromatic heterocycles. The zero-order valence-electron chi connectivity index (χ0n) is 14.5. The van der Waals surface area contributed by atoms with Crippen molar-refractivity contribution >= 4 is 5.91 Å². The summed E-state index contributed by atoms with van der Waals surface area (Å²) < 4.78 is 5.21. The lowest BCUT2D eigenvalue weighted by Crippen LogP contribution is -2.30. The predicted octanol–water partition coefficient (Wildman–Crippen LogP) is 3.50. The monoisotopic (exact) mass is 327 g/mol. The molecule has 0 spiro atoms. The number of aromatic nitrogens is 2. The van der Waals surface area contributed by atoms with Crippen LogP contribution in [0.1, 0.15) is 54.5 Å². The highest BCUT2D eigenvalue weighted by Gasteiger charge is 2.34. The summed E-state index contributed by atoms with van der Waals surface area (Å²) in [5.74, 6) is 1.75. The molecule has 2 aromatic rings.